The quantitative estimate of drug-likeness (QED) is 0.513. The van der Waals surface area contributed by atoms with Crippen molar-refractivity contribution in [1.29, 1.82) is 0 Å². The number of nitrogens with zero attached hydrogens (tertiary/aromatic N) is 3. The van der Waals surface area contributed by atoms with Crippen molar-refractivity contribution < 1.29 is 8.60 Å². The van der Waals surface area contributed by atoms with Crippen molar-refractivity contribution in [3.63, 3.8) is 0 Å². The van der Waals surface area contributed by atoms with Gasteiger partial charge in [0.1, 0.15) is 11.6 Å². The van der Waals surface area contributed by atoms with E-state index in [0.29, 0.717) is 28.4 Å². The number of nitrogens with two attached hydrogens (primary N) is 1. The summed E-state index contributed by atoms with van der Waals surface area (Å²) in [4.78, 5) is 8.75. The number of nitrogen functional groups attached to an aromatic ring is 1. The summed E-state index contributed by atoms with van der Waals surface area (Å²) < 4.78 is 28.7. The summed E-state index contributed by atoms with van der Waals surface area (Å²) >= 11 is 0. The maximum atomic E-state index is 13.7. The largest absolute Gasteiger partial charge is 0.382 e. The monoisotopic (exact) mass is 368 g/mol. The maximum Gasteiger partial charge on any atom is 0.202 e. The number of nitrogens with one attached hydrogen (secondary N) is 2. The number of aromatic amines is 1. The predicted molar refractivity (Wildman–Crippen MR) is 98.0 cm³/mol. The normalized spacial score (nSPS) is 12.2. The van der Waals surface area contributed by atoms with Crippen LogP contribution < -0.4 is 10.5 Å². The van der Waals surface area contributed by atoms with Crippen molar-refractivity contribution in [3.8, 4) is 11.3 Å². The van der Waals surface area contributed by atoms with Crippen molar-refractivity contribution >= 4 is 33.7 Å². The average molecular weight is 368 g/mol. The van der Waals surface area contributed by atoms with Gasteiger partial charge in [0.05, 0.1) is 16.8 Å². The third-order valence-electron chi connectivity index (χ3n) is 3.72. The highest BCUT2D eigenvalue weighted by atomic mass is 32.2. The van der Waals surface area contributed by atoms with Gasteiger partial charge in [-0.2, -0.15) is 5.10 Å². The van der Waals surface area contributed by atoms with Gasteiger partial charge in [0, 0.05) is 11.3 Å². The lowest BCUT2D eigenvalue weighted by molar-refractivity contribution is 0.596. The van der Waals surface area contributed by atoms with Gasteiger partial charge in [0.25, 0.3) is 0 Å². The van der Waals surface area contributed by atoms with Crippen LogP contribution in [-0.2, 0) is 11.0 Å². The minimum absolute atomic E-state index is 0.101. The minimum Gasteiger partial charge on any atom is -0.382 e. The minimum atomic E-state index is -1.69. The van der Waals surface area contributed by atoms with Gasteiger partial charge in [-0.3, -0.25) is 5.10 Å². The second-order valence-electron chi connectivity index (χ2n) is 5.44. The molecule has 0 fully saturated rings. The second kappa shape index (κ2) is 6.52. The first kappa shape index (κ1) is 16.2. The fourth-order valence-electron chi connectivity index (χ4n) is 2.42. The summed E-state index contributed by atoms with van der Waals surface area (Å²) in [7, 11) is -1.69. The molecule has 0 amide bonds. The molecule has 0 bridgehead atoms. The van der Waals surface area contributed by atoms with Crippen LogP contribution in [0.2, 0.25) is 0 Å². The summed E-state index contributed by atoms with van der Waals surface area (Å²) in [5, 5.41) is 6.63. The van der Waals surface area contributed by atoms with Crippen molar-refractivity contribution in [3.05, 3.63) is 60.5 Å². The standard InChI is InChI=1S/C17H13FN6OS/c18-12-3-1-2-4-14(12)26(25)24-11-7-5-10(6-8-11)13-9-20-15-16(19)22-23-17(15)21-13/h1-9,24H,(H3,19,21,22,23). The number of H-pyrrole nitrogens is 1. The van der Waals surface area contributed by atoms with Gasteiger partial charge in [-0.05, 0) is 24.3 Å². The van der Waals surface area contributed by atoms with Gasteiger partial charge in [-0.25, -0.2) is 18.6 Å². The fraction of sp³-hybridized carbons (Fsp3) is 0. The molecule has 0 aliphatic heterocycles. The molecule has 0 aliphatic rings. The van der Waals surface area contributed by atoms with E-state index in [1.165, 1.54) is 12.1 Å². The highest BCUT2D eigenvalue weighted by Crippen LogP contribution is 2.23. The Kier molecular flexibility index (Phi) is 4.05. The Morgan fingerprint density at radius 1 is 1.12 bits per heavy atom. The molecule has 7 nitrogen and oxygen atoms in total. The Labute approximate surface area is 150 Å². The number of fused-ring (bicyclic) bond motifs is 1. The van der Waals surface area contributed by atoms with Crippen LogP contribution in [0.5, 0.6) is 0 Å². The Hall–Kier alpha value is -3.33. The summed E-state index contributed by atoms with van der Waals surface area (Å²) in [5.41, 5.74) is 8.69. The Morgan fingerprint density at radius 2 is 1.88 bits per heavy atom. The van der Waals surface area contributed by atoms with Crippen molar-refractivity contribution in [2.75, 3.05) is 10.5 Å². The Morgan fingerprint density at radius 3 is 2.65 bits per heavy atom. The number of hydrogen-bond acceptors (Lipinski definition) is 5. The van der Waals surface area contributed by atoms with E-state index in [0.717, 1.165) is 5.56 Å². The Balaban J connectivity index is 1.56. The summed E-state index contributed by atoms with van der Waals surface area (Å²) in [6, 6.07) is 13.0. The lowest BCUT2D eigenvalue weighted by Gasteiger charge is -2.08. The number of aromatic nitrogens is 4. The van der Waals surface area contributed by atoms with Gasteiger partial charge in [-0.1, -0.05) is 24.3 Å². The van der Waals surface area contributed by atoms with E-state index in [-0.39, 0.29) is 4.90 Å². The van der Waals surface area contributed by atoms with Crippen LogP contribution in [0.1, 0.15) is 0 Å². The van der Waals surface area contributed by atoms with E-state index < -0.39 is 16.8 Å². The van der Waals surface area contributed by atoms with E-state index in [1.54, 1.807) is 42.6 Å². The van der Waals surface area contributed by atoms with Crippen molar-refractivity contribution in [1.82, 2.24) is 20.2 Å². The van der Waals surface area contributed by atoms with Crippen molar-refractivity contribution in [2.45, 2.75) is 4.90 Å². The van der Waals surface area contributed by atoms with Gasteiger partial charge in [-0.15, -0.1) is 0 Å². The van der Waals surface area contributed by atoms with Crippen LogP contribution in [0.4, 0.5) is 15.9 Å². The zero-order chi connectivity index (χ0) is 18.1. The number of anilines is 2. The molecule has 0 saturated heterocycles. The zero-order valence-electron chi connectivity index (χ0n) is 13.3. The van der Waals surface area contributed by atoms with E-state index in [9.17, 15) is 8.60 Å². The molecule has 2 aromatic carbocycles. The predicted octanol–water partition coefficient (Wildman–Crippen LogP) is 2.88. The zero-order valence-corrected chi connectivity index (χ0v) is 14.1. The third-order valence-corrected chi connectivity index (χ3v) is 4.87. The topological polar surface area (TPSA) is 110 Å². The Bertz CT molecular complexity index is 1110. The lowest BCUT2D eigenvalue weighted by atomic mass is 10.1. The number of hydrogen-bond donors (Lipinski definition) is 3. The average Bonchev–Trinajstić information content (AvgIpc) is 3.03. The van der Waals surface area contributed by atoms with Crippen LogP contribution in [0, 0.1) is 5.82 Å². The van der Waals surface area contributed by atoms with Crippen molar-refractivity contribution in [2.24, 2.45) is 0 Å². The van der Waals surface area contributed by atoms with Gasteiger partial charge in [0.15, 0.2) is 16.5 Å². The molecule has 26 heavy (non-hydrogen) atoms. The number of rotatable bonds is 4. The molecular formula is C17H13FN6OS. The number of halogens is 1. The van der Waals surface area contributed by atoms with Crippen LogP contribution in [0.3, 0.4) is 0 Å². The highest BCUT2D eigenvalue weighted by Gasteiger charge is 2.11. The number of benzene rings is 2. The molecule has 2 aromatic heterocycles. The summed E-state index contributed by atoms with van der Waals surface area (Å²) in [6.07, 6.45) is 1.61. The first-order chi connectivity index (χ1) is 12.6. The molecule has 0 aliphatic carbocycles. The first-order valence-corrected chi connectivity index (χ1v) is 8.77. The van der Waals surface area contributed by atoms with Crippen LogP contribution in [0.15, 0.2) is 59.6 Å². The van der Waals surface area contributed by atoms with Gasteiger partial charge >= 0.3 is 0 Å². The van der Waals surface area contributed by atoms with E-state index in [2.05, 4.69) is 24.9 Å². The molecule has 0 spiro atoms. The summed E-state index contributed by atoms with van der Waals surface area (Å²) in [5.74, 6) is -0.147. The molecule has 1 atom stereocenters. The highest BCUT2D eigenvalue weighted by molar-refractivity contribution is 7.86. The molecule has 4 N–H and O–H groups in total. The molecule has 0 radical (unpaired) electrons. The van der Waals surface area contributed by atoms with E-state index >= 15 is 0 Å². The van der Waals surface area contributed by atoms with Crippen LogP contribution in [0.25, 0.3) is 22.4 Å². The molecule has 4 aromatic rings. The van der Waals surface area contributed by atoms with Crippen LogP contribution >= 0.6 is 0 Å². The third kappa shape index (κ3) is 3.00. The molecule has 2 heterocycles. The van der Waals surface area contributed by atoms with E-state index in [4.69, 9.17) is 5.73 Å². The fourth-order valence-corrected chi connectivity index (χ4v) is 3.33. The first-order valence-electron chi connectivity index (χ1n) is 7.62. The molecule has 130 valence electrons. The molecule has 4 rings (SSSR count). The smallest absolute Gasteiger partial charge is 0.202 e. The lowest BCUT2D eigenvalue weighted by Crippen LogP contribution is -2.06. The molecule has 0 saturated carbocycles. The van der Waals surface area contributed by atoms with Crippen LogP contribution in [-0.4, -0.2) is 24.4 Å². The maximum absolute atomic E-state index is 13.7. The van der Waals surface area contributed by atoms with Gasteiger partial charge < -0.3 is 10.5 Å². The van der Waals surface area contributed by atoms with E-state index in [1.807, 2.05) is 0 Å². The molecule has 9 heteroatoms. The van der Waals surface area contributed by atoms with Gasteiger partial charge in [0.2, 0.25) is 5.65 Å². The second-order valence-corrected chi connectivity index (χ2v) is 6.62. The molecule has 1 unspecified atom stereocenters. The SMILES string of the molecule is Nc1[nH]nc2nc(-c3ccc(NS(=O)c4ccccc4F)cc3)cnc12. The summed E-state index contributed by atoms with van der Waals surface area (Å²) in [6.45, 7) is 0. The molecular weight excluding hydrogens is 355 g/mol.